The van der Waals surface area contributed by atoms with Gasteiger partial charge in [0.15, 0.2) is 0 Å². The summed E-state index contributed by atoms with van der Waals surface area (Å²) in [6.07, 6.45) is 0. The molecular weight excluding hydrogens is 364 g/mol. The zero-order chi connectivity index (χ0) is 20.4. The van der Waals surface area contributed by atoms with Gasteiger partial charge < -0.3 is 19.1 Å². The Labute approximate surface area is 170 Å². The number of benzene rings is 2. The van der Waals surface area contributed by atoms with Gasteiger partial charge in [-0.25, -0.2) is 4.98 Å². The molecule has 0 aliphatic heterocycles. The molecule has 4 rings (SSSR count). The molecule has 6 nitrogen and oxygen atoms in total. The Hall–Kier alpha value is -3.12. The predicted molar refractivity (Wildman–Crippen MR) is 115 cm³/mol. The van der Waals surface area contributed by atoms with Crippen molar-refractivity contribution in [3.8, 4) is 11.1 Å². The third-order valence-corrected chi connectivity index (χ3v) is 5.14. The Morgan fingerprint density at radius 1 is 1.10 bits per heavy atom. The molecule has 4 aromatic rings. The smallest absolute Gasteiger partial charge is 0.204 e. The maximum Gasteiger partial charge on any atom is 0.204 e. The first-order chi connectivity index (χ1) is 14.1. The van der Waals surface area contributed by atoms with E-state index >= 15 is 0 Å². The van der Waals surface area contributed by atoms with Gasteiger partial charge in [-0.3, -0.25) is 0 Å². The van der Waals surface area contributed by atoms with Crippen LogP contribution in [0.5, 0.6) is 0 Å². The van der Waals surface area contributed by atoms with Crippen molar-refractivity contribution in [2.24, 2.45) is 0 Å². The van der Waals surface area contributed by atoms with Gasteiger partial charge >= 0.3 is 0 Å². The van der Waals surface area contributed by atoms with Crippen molar-refractivity contribution < 1.29 is 9.26 Å². The van der Waals surface area contributed by atoms with Crippen LogP contribution in [0.25, 0.3) is 22.2 Å². The molecule has 0 aliphatic carbocycles. The molecule has 0 fully saturated rings. The summed E-state index contributed by atoms with van der Waals surface area (Å²) in [4.78, 5) is 4.90. The van der Waals surface area contributed by atoms with E-state index in [1.165, 1.54) is 5.56 Å². The Morgan fingerprint density at radius 3 is 2.59 bits per heavy atom. The minimum atomic E-state index is 0.623. The number of aromatic nitrogens is 3. The summed E-state index contributed by atoms with van der Waals surface area (Å²) < 4.78 is 12.8. The van der Waals surface area contributed by atoms with E-state index in [1.54, 1.807) is 7.11 Å². The van der Waals surface area contributed by atoms with Crippen LogP contribution in [0.4, 0.5) is 5.95 Å². The molecule has 0 saturated heterocycles. The number of imidazole rings is 1. The lowest BCUT2D eigenvalue weighted by Crippen LogP contribution is -2.13. The van der Waals surface area contributed by atoms with Crippen molar-refractivity contribution >= 4 is 17.0 Å². The molecule has 150 valence electrons. The minimum Gasteiger partial charge on any atom is -0.383 e. The third kappa shape index (κ3) is 3.76. The van der Waals surface area contributed by atoms with Crippen molar-refractivity contribution in [1.29, 1.82) is 0 Å². The number of fused-ring (bicyclic) bond motifs is 1. The normalized spacial score (nSPS) is 11.3. The Bertz CT molecular complexity index is 1110. The second-order valence-electron chi connectivity index (χ2n) is 7.29. The Morgan fingerprint density at radius 2 is 1.90 bits per heavy atom. The molecule has 29 heavy (non-hydrogen) atoms. The molecule has 2 aromatic heterocycles. The summed E-state index contributed by atoms with van der Waals surface area (Å²) in [5.41, 5.74) is 7.48. The molecule has 0 bridgehead atoms. The number of aryl methyl sites for hydroxylation is 3. The number of rotatable bonds is 7. The second-order valence-corrected chi connectivity index (χ2v) is 7.29. The van der Waals surface area contributed by atoms with Gasteiger partial charge in [0.25, 0.3) is 0 Å². The molecule has 0 aliphatic rings. The molecule has 0 spiro atoms. The van der Waals surface area contributed by atoms with Crippen molar-refractivity contribution in [1.82, 2.24) is 14.7 Å². The fourth-order valence-electron chi connectivity index (χ4n) is 3.76. The second kappa shape index (κ2) is 8.09. The number of anilines is 1. The van der Waals surface area contributed by atoms with Crippen LogP contribution in [-0.4, -0.2) is 35.0 Å². The van der Waals surface area contributed by atoms with Crippen LogP contribution in [-0.2, 0) is 11.3 Å². The van der Waals surface area contributed by atoms with Crippen LogP contribution in [0.1, 0.15) is 22.6 Å². The number of nitrogens with zero attached hydrogens (tertiary/aromatic N) is 3. The van der Waals surface area contributed by atoms with E-state index in [-0.39, 0.29) is 0 Å². The highest BCUT2D eigenvalue weighted by Crippen LogP contribution is 2.33. The van der Waals surface area contributed by atoms with Gasteiger partial charge in [0.1, 0.15) is 5.76 Å². The third-order valence-electron chi connectivity index (χ3n) is 5.14. The van der Waals surface area contributed by atoms with E-state index in [0.717, 1.165) is 51.7 Å². The lowest BCUT2D eigenvalue weighted by molar-refractivity contribution is 0.210. The summed E-state index contributed by atoms with van der Waals surface area (Å²) >= 11 is 0. The number of ether oxygens (including phenoxy) is 1. The van der Waals surface area contributed by atoms with Crippen LogP contribution in [0.15, 0.2) is 47.0 Å². The molecule has 0 amide bonds. The fraction of sp³-hybridized carbons (Fsp3) is 0.304. The maximum atomic E-state index is 5.40. The first-order valence-electron chi connectivity index (χ1n) is 9.79. The minimum absolute atomic E-state index is 0.623. The van der Waals surface area contributed by atoms with E-state index in [0.29, 0.717) is 13.2 Å². The van der Waals surface area contributed by atoms with Gasteiger partial charge in [-0.2, -0.15) is 0 Å². The lowest BCUT2D eigenvalue weighted by Gasteiger charge is -2.12. The lowest BCUT2D eigenvalue weighted by atomic mass is 10.0. The molecule has 2 aromatic carbocycles. The highest BCUT2D eigenvalue weighted by Gasteiger charge is 2.18. The monoisotopic (exact) mass is 390 g/mol. The average molecular weight is 390 g/mol. The van der Waals surface area contributed by atoms with Crippen LogP contribution in [0.2, 0.25) is 0 Å². The first kappa shape index (κ1) is 19.2. The van der Waals surface area contributed by atoms with Crippen LogP contribution in [0, 0.1) is 20.8 Å². The van der Waals surface area contributed by atoms with Gasteiger partial charge in [-0.15, -0.1) is 0 Å². The first-order valence-corrected chi connectivity index (χ1v) is 9.79. The van der Waals surface area contributed by atoms with E-state index in [4.69, 9.17) is 14.2 Å². The standard InChI is InChI=1S/C23H26N4O2/c1-15-12-19(21-16(2)26-29-17(21)3)13-20-22(15)25-23(24-10-11-28-4)27(20)14-18-8-6-5-7-9-18/h5-9,12-13H,10-11,14H2,1-4H3,(H,24,25). The number of nitrogens with one attached hydrogen (secondary N) is 1. The highest BCUT2D eigenvalue weighted by molar-refractivity contribution is 5.88. The zero-order valence-corrected chi connectivity index (χ0v) is 17.3. The van der Waals surface area contributed by atoms with Crippen molar-refractivity contribution in [3.63, 3.8) is 0 Å². The summed E-state index contributed by atoms with van der Waals surface area (Å²) in [5.74, 6) is 1.67. The van der Waals surface area contributed by atoms with Gasteiger partial charge in [-0.05, 0) is 49.6 Å². The quantitative estimate of drug-likeness (QED) is 0.463. The largest absolute Gasteiger partial charge is 0.383 e. The van der Waals surface area contributed by atoms with E-state index in [9.17, 15) is 0 Å². The van der Waals surface area contributed by atoms with Crippen molar-refractivity contribution in [2.45, 2.75) is 27.3 Å². The molecule has 0 radical (unpaired) electrons. The molecule has 0 saturated carbocycles. The summed E-state index contributed by atoms with van der Waals surface area (Å²) in [7, 11) is 1.70. The van der Waals surface area contributed by atoms with Crippen molar-refractivity contribution in [3.05, 3.63) is 65.0 Å². The summed E-state index contributed by atoms with van der Waals surface area (Å²) in [6.45, 7) is 8.08. The van der Waals surface area contributed by atoms with Crippen LogP contribution < -0.4 is 5.32 Å². The average Bonchev–Trinajstić information content (AvgIpc) is 3.23. The fourth-order valence-corrected chi connectivity index (χ4v) is 3.76. The van der Waals surface area contributed by atoms with E-state index in [1.807, 2.05) is 19.9 Å². The molecule has 0 atom stereocenters. The Kier molecular flexibility index (Phi) is 5.36. The summed E-state index contributed by atoms with van der Waals surface area (Å²) in [6, 6.07) is 14.8. The number of methoxy groups -OCH3 is 1. The molecule has 2 heterocycles. The Balaban J connectivity index is 1.86. The predicted octanol–water partition coefficient (Wildman–Crippen LogP) is 4.72. The van der Waals surface area contributed by atoms with E-state index < -0.39 is 0 Å². The zero-order valence-electron chi connectivity index (χ0n) is 17.3. The van der Waals surface area contributed by atoms with E-state index in [2.05, 4.69) is 58.4 Å². The maximum absolute atomic E-state index is 5.40. The molecular formula is C23H26N4O2. The topological polar surface area (TPSA) is 65.1 Å². The highest BCUT2D eigenvalue weighted by atomic mass is 16.5. The molecule has 0 unspecified atom stereocenters. The molecule has 6 heteroatoms. The number of hydrogen-bond donors (Lipinski definition) is 1. The van der Waals surface area contributed by atoms with Gasteiger partial charge in [0.05, 0.1) is 29.9 Å². The number of hydrogen-bond acceptors (Lipinski definition) is 5. The van der Waals surface area contributed by atoms with Gasteiger partial charge in [0, 0.05) is 19.2 Å². The van der Waals surface area contributed by atoms with Crippen LogP contribution in [0.3, 0.4) is 0 Å². The van der Waals surface area contributed by atoms with Gasteiger partial charge in [-0.1, -0.05) is 35.5 Å². The molecule has 1 N–H and O–H groups in total. The van der Waals surface area contributed by atoms with Gasteiger partial charge in [0.2, 0.25) is 5.95 Å². The van der Waals surface area contributed by atoms with Crippen molar-refractivity contribution in [2.75, 3.05) is 25.6 Å². The van der Waals surface area contributed by atoms with Crippen LogP contribution >= 0.6 is 0 Å². The SMILES string of the molecule is COCCNc1nc2c(C)cc(-c3c(C)noc3C)cc2n1Cc1ccccc1. The summed E-state index contributed by atoms with van der Waals surface area (Å²) in [5, 5.41) is 7.55.